The maximum atomic E-state index is 13.0. The molecule has 0 aliphatic carbocycles. The van der Waals surface area contributed by atoms with Crippen LogP contribution in [0.1, 0.15) is 45.2 Å². The maximum absolute atomic E-state index is 13.0. The third kappa shape index (κ3) is 6.33. The number of alkyl halides is 3. The summed E-state index contributed by atoms with van der Waals surface area (Å²) in [4.78, 5) is 33.2. The average Bonchev–Trinajstić information content (AvgIpc) is 2.92. The van der Waals surface area contributed by atoms with Crippen molar-refractivity contribution >= 4 is 23.4 Å². The molecule has 0 amide bonds. The third-order valence-corrected chi connectivity index (χ3v) is 6.82. The van der Waals surface area contributed by atoms with Crippen molar-refractivity contribution in [3.8, 4) is 28.6 Å². The van der Waals surface area contributed by atoms with Gasteiger partial charge in [0, 0.05) is 28.5 Å². The molecule has 11 heteroatoms. The molecule has 1 unspecified atom stereocenters. The van der Waals surface area contributed by atoms with Crippen molar-refractivity contribution in [2.45, 2.75) is 31.9 Å². The molecule has 7 nitrogen and oxygen atoms in total. The van der Waals surface area contributed by atoms with Gasteiger partial charge in [-0.15, -0.1) is 0 Å². The molecule has 1 aliphatic heterocycles. The summed E-state index contributed by atoms with van der Waals surface area (Å²) in [5.41, 5.74) is 1.52. The number of carboxylic acid groups (broad SMARTS) is 1. The lowest BCUT2D eigenvalue weighted by molar-refractivity contribution is -0.139. The number of aliphatic carboxylic acids is 1. The lowest BCUT2D eigenvalue weighted by Crippen LogP contribution is -2.20. The van der Waals surface area contributed by atoms with E-state index in [4.69, 9.17) is 21.1 Å². The Hall–Kier alpha value is -4.44. The number of hydrogen-bond donors (Lipinski definition) is 1. The summed E-state index contributed by atoms with van der Waals surface area (Å²) in [6.45, 7) is 1.98. The minimum Gasteiger partial charge on any atom is -0.493 e. The van der Waals surface area contributed by atoms with Gasteiger partial charge < -0.3 is 14.6 Å². The lowest BCUT2D eigenvalue weighted by Gasteiger charge is -2.24. The number of Topliss-reactive ketones (excluding diaryl/α,β-unsaturated/α-hetero) is 1. The molecular weight excluding hydrogens is 561 g/mol. The molecule has 0 spiro atoms. The van der Waals surface area contributed by atoms with E-state index in [0.29, 0.717) is 46.0 Å². The SMILES string of the molecule is Cc1cc(CC(=O)c2ccc(Oc3cc4c(cc3Cl)C(C(=O)O)CCO4)cc2)nc(-c2ccc(C(F)(F)F)cc2)n1. The van der Waals surface area contributed by atoms with Gasteiger partial charge in [-0.3, -0.25) is 9.59 Å². The van der Waals surface area contributed by atoms with Gasteiger partial charge in [-0.25, -0.2) is 9.97 Å². The van der Waals surface area contributed by atoms with Gasteiger partial charge in [0.2, 0.25) is 0 Å². The molecule has 0 fully saturated rings. The van der Waals surface area contributed by atoms with Crippen LogP contribution in [0.25, 0.3) is 11.4 Å². The van der Waals surface area contributed by atoms with Crippen molar-refractivity contribution in [1.82, 2.24) is 9.97 Å². The molecule has 41 heavy (non-hydrogen) atoms. The fourth-order valence-electron chi connectivity index (χ4n) is 4.49. The Morgan fingerprint density at radius 2 is 1.76 bits per heavy atom. The molecule has 1 atom stereocenters. The highest BCUT2D eigenvalue weighted by Gasteiger charge is 2.30. The largest absolute Gasteiger partial charge is 0.493 e. The van der Waals surface area contributed by atoms with Crippen molar-refractivity contribution in [2.24, 2.45) is 0 Å². The molecule has 4 aromatic rings. The molecule has 3 aromatic carbocycles. The monoisotopic (exact) mass is 582 g/mol. The normalized spacial score (nSPS) is 14.6. The smallest absolute Gasteiger partial charge is 0.416 e. The molecule has 0 radical (unpaired) electrons. The Labute approximate surface area is 237 Å². The Bertz CT molecular complexity index is 1620. The number of benzene rings is 3. The quantitative estimate of drug-likeness (QED) is 0.228. The lowest BCUT2D eigenvalue weighted by atomic mass is 9.93. The number of ether oxygens (including phenoxy) is 2. The number of carbonyl (C=O) groups is 2. The number of carbonyl (C=O) groups excluding carboxylic acids is 1. The summed E-state index contributed by atoms with van der Waals surface area (Å²) in [5.74, 6) is -0.587. The van der Waals surface area contributed by atoms with Crippen LogP contribution in [0.3, 0.4) is 0 Å². The van der Waals surface area contributed by atoms with Gasteiger partial charge in [-0.2, -0.15) is 13.2 Å². The predicted molar refractivity (Wildman–Crippen MR) is 144 cm³/mol. The van der Waals surface area contributed by atoms with Crippen LogP contribution in [-0.4, -0.2) is 33.4 Å². The van der Waals surface area contributed by atoms with Gasteiger partial charge in [-0.05, 0) is 61.9 Å². The second-order valence-corrected chi connectivity index (χ2v) is 9.88. The first-order chi connectivity index (χ1) is 19.5. The summed E-state index contributed by atoms with van der Waals surface area (Å²) in [7, 11) is 0. The zero-order valence-electron chi connectivity index (χ0n) is 21.5. The number of fused-ring (bicyclic) bond motifs is 1. The fraction of sp³-hybridized carbons (Fsp3) is 0.200. The minimum atomic E-state index is -4.45. The first-order valence-corrected chi connectivity index (χ1v) is 12.9. The highest BCUT2D eigenvalue weighted by Crippen LogP contribution is 2.42. The zero-order chi connectivity index (χ0) is 29.3. The molecule has 0 saturated carbocycles. The number of hydrogen-bond acceptors (Lipinski definition) is 6. The average molecular weight is 583 g/mol. The maximum Gasteiger partial charge on any atom is 0.416 e. The Balaban J connectivity index is 1.29. The number of halogens is 4. The Morgan fingerprint density at radius 3 is 2.41 bits per heavy atom. The molecule has 0 saturated heterocycles. The van der Waals surface area contributed by atoms with Crippen LogP contribution in [0.5, 0.6) is 17.2 Å². The topological polar surface area (TPSA) is 98.6 Å². The fourth-order valence-corrected chi connectivity index (χ4v) is 4.70. The van der Waals surface area contributed by atoms with Gasteiger partial charge in [0.1, 0.15) is 17.2 Å². The van der Waals surface area contributed by atoms with Crippen LogP contribution in [0.2, 0.25) is 5.02 Å². The number of nitrogens with zero attached hydrogens (tertiary/aromatic N) is 2. The van der Waals surface area contributed by atoms with E-state index in [0.717, 1.165) is 12.1 Å². The molecule has 5 rings (SSSR count). The van der Waals surface area contributed by atoms with Gasteiger partial charge in [0.25, 0.3) is 0 Å². The first kappa shape index (κ1) is 28.1. The van der Waals surface area contributed by atoms with Crippen molar-refractivity contribution in [2.75, 3.05) is 6.61 Å². The van der Waals surface area contributed by atoms with Crippen LogP contribution in [0.4, 0.5) is 13.2 Å². The van der Waals surface area contributed by atoms with E-state index in [1.54, 1.807) is 43.3 Å². The summed E-state index contributed by atoms with van der Waals surface area (Å²) < 4.78 is 50.2. The number of aromatic nitrogens is 2. The van der Waals surface area contributed by atoms with Crippen molar-refractivity contribution in [3.05, 3.63) is 99.8 Å². The summed E-state index contributed by atoms with van der Waals surface area (Å²) in [6, 6.07) is 15.6. The van der Waals surface area contributed by atoms with E-state index in [1.165, 1.54) is 18.2 Å². The number of aryl methyl sites for hydroxylation is 1. The number of ketones is 1. The van der Waals surface area contributed by atoms with Gasteiger partial charge >= 0.3 is 12.1 Å². The van der Waals surface area contributed by atoms with Crippen molar-refractivity contribution in [3.63, 3.8) is 0 Å². The van der Waals surface area contributed by atoms with Gasteiger partial charge in [0.05, 0.1) is 35.2 Å². The van der Waals surface area contributed by atoms with E-state index in [2.05, 4.69) is 9.97 Å². The summed E-state index contributed by atoms with van der Waals surface area (Å²) in [5, 5.41) is 9.68. The standard InChI is InChI=1S/C30H22ClF3N2O5/c1-16-12-20(36-28(35-16)18-2-6-19(7-3-18)30(32,33)34)13-25(37)17-4-8-21(9-5-17)41-27-15-26-23(14-24(27)31)22(29(38)39)10-11-40-26/h2-9,12,14-15,22H,10-11,13H2,1H3,(H,38,39). The van der Waals surface area contributed by atoms with E-state index >= 15 is 0 Å². The molecular formula is C30H22ClF3N2O5. The molecule has 0 bridgehead atoms. The van der Waals surface area contributed by atoms with Gasteiger partial charge in [-0.1, -0.05) is 23.7 Å². The van der Waals surface area contributed by atoms with Crippen LogP contribution >= 0.6 is 11.6 Å². The van der Waals surface area contributed by atoms with E-state index in [9.17, 15) is 27.9 Å². The predicted octanol–water partition coefficient (Wildman–Crippen LogP) is 7.29. The number of rotatable bonds is 7. The highest BCUT2D eigenvalue weighted by atomic mass is 35.5. The van der Waals surface area contributed by atoms with Crippen LogP contribution in [0.15, 0.2) is 66.7 Å². The summed E-state index contributed by atoms with van der Waals surface area (Å²) in [6.07, 6.45) is -4.15. The second-order valence-electron chi connectivity index (χ2n) is 9.47. The van der Waals surface area contributed by atoms with E-state index in [1.807, 2.05) is 0 Å². The summed E-state index contributed by atoms with van der Waals surface area (Å²) >= 11 is 6.36. The third-order valence-electron chi connectivity index (χ3n) is 6.53. The molecule has 2 heterocycles. The minimum absolute atomic E-state index is 0.0457. The Morgan fingerprint density at radius 1 is 1.05 bits per heavy atom. The molecule has 1 aliphatic rings. The first-order valence-electron chi connectivity index (χ1n) is 12.5. The van der Waals surface area contributed by atoms with Crippen molar-refractivity contribution in [1.29, 1.82) is 0 Å². The molecule has 210 valence electrons. The van der Waals surface area contributed by atoms with Crippen molar-refractivity contribution < 1.29 is 37.3 Å². The zero-order valence-corrected chi connectivity index (χ0v) is 22.3. The molecule has 1 N–H and O–H groups in total. The second kappa shape index (κ2) is 11.2. The van der Waals surface area contributed by atoms with E-state index in [-0.39, 0.29) is 35.4 Å². The van der Waals surface area contributed by atoms with Crippen LogP contribution < -0.4 is 9.47 Å². The van der Waals surface area contributed by atoms with Crippen LogP contribution in [-0.2, 0) is 17.4 Å². The highest BCUT2D eigenvalue weighted by molar-refractivity contribution is 6.32. The molecule has 1 aromatic heterocycles. The van der Waals surface area contributed by atoms with Gasteiger partial charge in [0.15, 0.2) is 11.6 Å². The number of carboxylic acids is 1. The Kier molecular flexibility index (Phi) is 7.68. The van der Waals surface area contributed by atoms with Crippen LogP contribution in [0, 0.1) is 6.92 Å². The van der Waals surface area contributed by atoms with E-state index < -0.39 is 23.6 Å².